The molecule has 0 aliphatic carbocycles. The molecule has 140 valence electrons. The minimum Gasteiger partial charge on any atom is -0.455 e. The molecule has 8 heteroatoms. The van der Waals surface area contributed by atoms with Crippen LogP contribution in [0.25, 0.3) is 0 Å². The van der Waals surface area contributed by atoms with Crippen molar-refractivity contribution in [1.82, 2.24) is 5.32 Å². The molecule has 3 amide bonds. The maximum absolute atomic E-state index is 12.2. The largest absolute Gasteiger partial charge is 0.455 e. The summed E-state index contributed by atoms with van der Waals surface area (Å²) in [6.07, 6.45) is 0.0246. The van der Waals surface area contributed by atoms with Crippen molar-refractivity contribution in [3.05, 3.63) is 29.8 Å². The number of nitrogens with zero attached hydrogens (tertiary/aromatic N) is 1. The van der Waals surface area contributed by atoms with Gasteiger partial charge in [-0.15, -0.1) is 0 Å². The number of rotatable bonds is 6. The van der Waals surface area contributed by atoms with Crippen molar-refractivity contribution in [3.63, 3.8) is 0 Å². The second-order valence-electron chi connectivity index (χ2n) is 5.80. The first-order chi connectivity index (χ1) is 12.4. The number of esters is 1. The normalized spacial score (nSPS) is 16.3. The Labute approximate surface area is 151 Å². The predicted octanol–water partition coefficient (Wildman–Crippen LogP) is 1.42. The predicted molar refractivity (Wildman–Crippen MR) is 92.4 cm³/mol. The van der Waals surface area contributed by atoms with Gasteiger partial charge in [0, 0.05) is 18.7 Å². The van der Waals surface area contributed by atoms with Crippen LogP contribution >= 0.6 is 0 Å². The summed E-state index contributed by atoms with van der Waals surface area (Å²) in [5.74, 6) is -2.26. The number of ether oxygens (including phenoxy) is 2. The second-order valence-corrected chi connectivity index (χ2v) is 5.80. The molecule has 1 heterocycles. The molecule has 1 fully saturated rings. The molecular weight excluding hydrogens is 340 g/mol. The maximum atomic E-state index is 12.2. The Bertz CT molecular complexity index is 685. The number of carbonyl (C=O) groups is 4. The molecular formula is C18H22N2O6. The summed E-state index contributed by atoms with van der Waals surface area (Å²) in [5, 5.41) is 1.93. The van der Waals surface area contributed by atoms with E-state index in [1.165, 1.54) is 4.90 Å². The number of anilines is 1. The van der Waals surface area contributed by atoms with E-state index in [1.54, 1.807) is 6.92 Å². The van der Waals surface area contributed by atoms with Gasteiger partial charge in [-0.3, -0.25) is 19.7 Å². The molecule has 8 nitrogen and oxygen atoms in total. The molecule has 0 spiro atoms. The minimum absolute atomic E-state index is 0.0217. The Balaban J connectivity index is 1.86. The molecule has 26 heavy (non-hydrogen) atoms. The topological polar surface area (TPSA) is 102 Å². The Morgan fingerprint density at radius 2 is 1.85 bits per heavy atom. The molecule has 0 unspecified atom stereocenters. The zero-order valence-corrected chi connectivity index (χ0v) is 14.8. The molecule has 0 saturated carbocycles. The zero-order valence-electron chi connectivity index (χ0n) is 14.8. The van der Waals surface area contributed by atoms with Gasteiger partial charge in [0.25, 0.3) is 5.91 Å². The van der Waals surface area contributed by atoms with E-state index in [2.05, 4.69) is 4.74 Å². The average Bonchev–Trinajstić information content (AvgIpc) is 3.01. The summed E-state index contributed by atoms with van der Waals surface area (Å²) in [6, 6.07) is 7.57. The summed E-state index contributed by atoms with van der Waals surface area (Å²) in [5.41, 5.74) is 1.88. The zero-order chi connectivity index (χ0) is 19.1. The first-order valence-electron chi connectivity index (χ1n) is 8.47. The van der Waals surface area contributed by atoms with Crippen molar-refractivity contribution >= 4 is 29.6 Å². The van der Waals surface area contributed by atoms with Crippen LogP contribution in [0.4, 0.5) is 10.5 Å². The van der Waals surface area contributed by atoms with Crippen molar-refractivity contribution in [3.8, 4) is 0 Å². The minimum atomic E-state index is -0.897. The van der Waals surface area contributed by atoms with E-state index in [1.807, 2.05) is 36.5 Å². The lowest BCUT2D eigenvalue weighted by Crippen LogP contribution is -2.35. The lowest BCUT2D eigenvalue weighted by molar-refractivity contribution is -0.152. The van der Waals surface area contributed by atoms with Gasteiger partial charge in [-0.1, -0.05) is 19.1 Å². The van der Waals surface area contributed by atoms with Crippen LogP contribution in [0.15, 0.2) is 24.3 Å². The van der Waals surface area contributed by atoms with E-state index >= 15 is 0 Å². The third-order valence-corrected chi connectivity index (χ3v) is 3.98. The van der Waals surface area contributed by atoms with Crippen LogP contribution in [0.3, 0.4) is 0 Å². The number of hydrogen-bond donors (Lipinski definition) is 1. The van der Waals surface area contributed by atoms with Gasteiger partial charge in [0.05, 0.1) is 12.5 Å². The Hall–Kier alpha value is -2.90. The maximum Gasteiger partial charge on any atom is 0.413 e. The van der Waals surface area contributed by atoms with Crippen LogP contribution in [0, 0.1) is 5.92 Å². The third-order valence-electron chi connectivity index (χ3n) is 3.98. The van der Waals surface area contributed by atoms with Gasteiger partial charge in [-0.05, 0) is 31.0 Å². The molecule has 1 aliphatic rings. The van der Waals surface area contributed by atoms with Gasteiger partial charge in [0.2, 0.25) is 5.91 Å². The molecule has 0 aromatic heterocycles. The van der Waals surface area contributed by atoms with Gasteiger partial charge < -0.3 is 14.4 Å². The van der Waals surface area contributed by atoms with E-state index < -0.39 is 30.5 Å². The van der Waals surface area contributed by atoms with Crippen molar-refractivity contribution in [1.29, 1.82) is 0 Å². The average molecular weight is 362 g/mol. The number of alkyl carbamates (subject to hydrolysis) is 1. The fraction of sp³-hybridized carbons (Fsp3) is 0.444. The molecule has 0 radical (unpaired) electrons. The highest BCUT2D eigenvalue weighted by molar-refractivity contribution is 6.00. The lowest BCUT2D eigenvalue weighted by atomic mass is 10.1. The Morgan fingerprint density at radius 1 is 1.15 bits per heavy atom. The van der Waals surface area contributed by atoms with Gasteiger partial charge in [0.15, 0.2) is 6.61 Å². The smallest absolute Gasteiger partial charge is 0.413 e. The highest BCUT2D eigenvalue weighted by Gasteiger charge is 2.36. The summed E-state index contributed by atoms with van der Waals surface area (Å²) in [4.78, 5) is 48.4. The molecule has 1 atom stereocenters. The number of nitrogens with one attached hydrogen (secondary N) is 1. The van der Waals surface area contributed by atoms with E-state index in [0.29, 0.717) is 0 Å². The molecule has 1 aromatic rings. The van der Waals surface area contributed by atoms with Crippen LogP contribution in [-0.2, 0) is 30.3 Å². The number of amides is 3. The molecule has 1 saturated heterocycles. The number of aryl methyl sites for hydroxylation is 1. The van der Waals surface area contributed by atoms with Crippen LogP contribution in [0.2, 0.25) is 0 Å². The van der Waals surface area contributed by atoms with E-state index in [9.17, 15) is 19.2 Å². The third kappa shape index (κ3) is 5.05. The van der Waals surface area contributed by atoms with E-state index in [-0.39, 0.29) is 25.5 Å². The van der Waals surface area contributed by atoms with Crippen LogP contribution < -0.4 is 10.2 Å². The molecule has 1 N–H and O–H groups in total. The van der Waals surface area contributed by atoms with Gasteiger partial charge >= 0.3 is 12.1 Å². The van der Waals surface area contributed by atoms with Gasteiger partial charge in [0.1, 0.15) is 0 Å². The monoisotopic (exact) mass is 362 g/mol. The van der Waals surface area contributed by atoms with E-state index in [4.69, 9.17) is 4.74 Å². The highest BCUT2D eigenvalue weighted by Crippen LogP contribution is 2.26. The number of imide groups is 1. The van der Waals surface area contributed by atoms with Crippen LogP contribution in [0.1, 0.15) is 25.8 Å². The fourth-order valence-corrected chi connectivity index (χ4v) is 2.60. The fourth-order valence-electron chi connectivity index (χ4n) is 2.60. The number of hydrogen-bond acceptors (Lipinski definition) is 6. The quantitative estimate of drug-likeness (QED) is 0.768. The van der Waals surface area contributed by atoms with Crippen LogP contribution in [-0.4, -0.2) is 43.6 Å². The standard InChI is InChI=1S/C18H22N2O6/c1-3-12-5-7-14(8-6-12)20-10-13(9-16(20)22)17(23)26-11-15(21)19-18(24)25-4-2/h5-8,13H,3-4,9-11H2,1-2H3,(H,19,21,24)/t13-/m1/s1. The lowest BCUT2D eigenvalue weighted by Gasteiger charge is -2.17. The van der Waals surface area contributed by atoms with Gasteiger partial charge in [-0.25, -0.2) is 4.79 Å². The summed E-state index contributed by atoms with van der Waals surface area (Å²) < 4.78 is 9.45. The number of carbonyl (C=O) groups excluding carboxylic acids is 4. The van der Waals surface area contributed by atoms with Crippen molar-refractivity contribution in [2.45, 2.75) is 26.7 Å². The molecule has 0 bridgehead atoms. The molecule has 1 aromatic carbocycles. The Morgan fingerprint density at radius 3 is 2.46 bits per heavy atom. The summed E-state index contributed by atoms with van der Waals surface area (Å²) in [6.45, 7) is 3.36. The van der Waals surface area contributed by atoms with Crippen molar-refractivity contribution in [2.75, 3.05) is 24.7 Å². The summed E-state index contributed by atoms with van der Waals surface area (Å²) >= 11 is 0. The second kappa shape index (κ2) is 8.98. The SMILES string of the molecule is CCOC(=O)NC(=O)COC(=O)[C@@H]1CC(=O)N(c2ccc(CC)cc2)C1. The summed E-state index contributed by atoms with van der Waals surface area (Å²) in [7, 11) is 0. The van der Waals surface area contributed by atoms with E-state index in [0.717, 1.165) is 17.7 Å². The molecule has 1 aliphatic heterocycles. The first-order valence-corrected chi connectivity index (χ1v) is 8.47. The van der Waals surface area contributed by atoms with Crippen LogP contribution in [0.5, 0.6) is 0 Å². The van der Waals surface area contributed by atoms with Crippen molar-refractivity contribution in [2.24, 2.45) is 5.92 Å². The Kier molecular flexibility index (Phi) is 6.71. The molecule has 2 rings (SSSR count). The highest BCUT2D eigenvalue weighted by atomic mass is 16.6. The first kappa shape index (κ1) is 19.4. The van der Waals surface area contributed by atoms with Crippen molar-refractivity contribution < 1.29 is 28.7 Å². The van der Waals surface area contributed by atoms with Gasteiger partial charge in [-0.2, -0.15) is 0 Å². The number of benzene rings is 1.